The van der Waals surface area contributed by atoms with E-state index in [1.807, 2.05) is 49.1 Å². The van der Waals surface area contributed by atoms with Gasteiger partial charge < -0.3 is 24.6 Å². The van der Waals surface area contributed by atoms with Crippen molar-refractivity contribution in [3.05, 3.63) is 47.3 Å². The molecule has 9 nitrogen and oxygen atoms in total. The highest BCUT2D eigenvalue weighted by molar-refractivity contribution is 5.89. The number of rotatable bonds is 3. The number of anilines is 1. The van der Waals surface area contributed by atoms with E-state index in [1.165, 1.54) is 0 Å². The lowest BCUT2D eigenvalue weighted by Crippen LogP contribution is -2.50. The number of hydrogen-bond acceptors (Lipinski definition) is 6. The molecule has 0 unspecified atom stereocenters. The van der Waals surface area contributed by atoms with Gasteiger partial charge in [0.25, 0.3) is 0 Å². The predicted molar refractivity (Wildman–Crippen MR) is 111 cm³/mol. The van der Waals surface area contributed by atoms with E-state index in [0.717, 1.165) is 35.8 Å². The van der Waals surface area contributed by atoms with E-state index in [-0.39, 0.29) is 18.2 Å². The van der Waals surface area contributed by atoms with E-state index in [1.54, 1.807) is 0 Å². The molecule has 2 aliphatic rings. The third-order valence-electron chi connectivity index (χ3n) is 5.51. The molecule has 12 heteroatoms. The molecular weight excluding hydrogens is 445 g/mol. The number of alkyl halides is 3. The van der Waals surface area contributed by atoms with E-state index in [0.29, 0.717) is 19.7 Å². The van der Waals surface area contributed by atoms with Crippen LogP contribution in [0.4, 0.5) is 23.7 Å². The summed E-state index contributed by atoms with van der Waals surface area (Å²) in [5.41, 5.74) is 2.88. The molecule has 0 radical (unpaired) electrons. The van der Waals surface area contributed by atoms with Gasteiger partial charge in [-0.15, -0.1) is 0 Å². The highest BCUT2D eigenvalue weighted by Crippen LogP contribution is 2.26. The number of halogens is 3. The number of carbonyl (C=O) groups is 2. The van der Waals surface area contributed by atoms with Crippen molar-refractivity contribution in [2.75, 3.05) is 31.6 Å². The highest BCUT2D eigenvalue weighted by Gasteiger charge is 2.42. The highest BCUT2D eigenvalue weighted by atomic mass is 19.4. The molecule has 1 aromatic carbocycles. The summed E-state index contributed by atoms with van der Waals surface area (Å²) in [6, 6.07) is 9.65. The zero-order valence-corrected chi connectivity index (χ0v) is 18.1. The fourth-order valence-electron chi connectivity index (χ4n) is 3.78. The smallest absolute Gasteiger partial charge is 0.475 e. The average molecular weight is 470 g/mol. The van der Waals surface area contributed by atoms with Crippen LogP contribution in [0, 0.1) is 13.8 Å². The number of likely N-dealkylation sites (tertiary alicyclic amines) is 1. The third-order valence-corrected chi connectivity index (χ3v) is 5.51. The predicted octanol–water partition coefficient (Wildman–Crippen LogP) is 3.04. The summed E-state index contributed by atoms with van der Waals surface area (Å²) in [7, 11) is 0. The molecule has 2 amide bonds. The van der Waals surface area contributed by atoms with Crippen LogP contribution in [0.1, 0.15) is 17.0 Å². The van der Waals surface area contributed by atoms with Gasteiger partial charge in [0.1, 0.15) is 5.76 Å². The molecule has 0 aliphatic carbocycles. The molecule has 2 N–H and O–H groups in total. The molecule has 33 heavy (non-hydrogen) atoms. The SMILES string of the molecule is Cc1noc(C)c1CN1CCO[C@H]2CN(C(=O)Nc3ccccc3)C[C@H]21.O=C(O)C(F)(F)F. The van der Waals surface area contributed by atoms with Gasteiger partial charge in [0.2, 0.25) is 0 Å². The molecule has 4 rings (SSSR count). The Bertz CT molecular complexity index is 947. The fourth-order valence-corrected chi connectivity index (χ4v) is 3.78. The van der Waals surface area contributed by atoms with Crippen molar-refractivity contribution in [2.45, 2.75) is 38.7 Å². The number of fused-ring (bicyclic) bond motifs is 1. The number of aromatic nitrogens is 1. The number of morpholine rings is 1. The maximum Gasteiger partial charge on any atom is 0.490 e. The monoisotopic (exact) mass is 470 g/mol. The Labute approximate surface area is 188 Å². The number of carbonyl (C=O) groups excluding carboxylic acids is 1. The maximum absolute atomic E-state index is 12.6. The van der Waals surface area contributed by atoms with Crippen molar-refractivity contribution in [1.82, 2.24) is 15.0 Å². The molecule has 0 bridgehead atoms. The maximum atomic E-state index is 12.6. The molecule has 0 spiro atoms. The van der Waals surface area contributed by atoms with Gasteiger partial charge in [0, 0.05) is 30.9 Å². The van der Waals surface area contributed by atoms with E-state index in [4.69, 9.17) is 19.2 Å². The van der Waals surface area contributed by atoms with Crippen LogP contribution in [0.2, 0.25) is 0 Å². The van der Waals surface area contributed by atoms with E-state index < -0.39 is 12.1 Å². The minimum absolute atomic E-state index is 0.0470. The summed E-state index contributed by atoms with van der Waals surface area (Å²) < 4.78 is 43.0. The first-order chi connectivity index (χ1) is 15.6. The van der Waals surface area contributed by atoms with Gasteiger partial charge in [0.05, 0.1) is 31.0 Å². The first kappa shape index (κ1) is 24.5. The molecule has 2 fully saturated rings. The van der Waals surface area contributed by atoms with Crippen molar-refractivity contribution in [3.63, 3.8) is 0 Å². The van der Waals surface area contributed by atoms with Crippen molar-refractivity contribution < 1.29 is 37.1 Å². The second kappa shape index (κ2) is 10.2. The molecule has 2 saturated heterocycles. The van der Waals surface area contributed by atoms with Crippen molar-refractivity contribution in [1.29, 1.82) is 0 Å². The largest absolute Gasteiger partial charge is 0.490 e. The number of ether oxygens (including phenoxy) is 1. The van der Waals surface area contributed by atoms with Crippen LogP contribution in [0.25, 0.3) is 0 Å². The number of aliphatic carboxylic acids is 1. The van der Waals surface area contributed by atoms with Crippen LogP contribution >= 0.6 is 0 Å². The number of nitrogens with one attached hydrogen (secondary N) is 1. The number of urea groups is 1. The Hall–Kier alpha value is -3.12. The summed E-state index contributed by atoms with van der Waals surface area (Å²) >= 11 is 0. The Morgan fingerprint density at radius 3 is 2.45 bits per heavy atom. The van der Waals surface area contributed by atoms with E-state index >= 15 is 0 Å². The van der Waals surface area contributed by atoms with Gasteiger partial charge in [-0.3, -0.25) is 4.90 Å². The Kier molecular flexibility index (Phi) is 7.59. The standard InChI is InChI=1S/C19H24N4O3.C2HF3O2/c1-13-16(14(2)26-21-13)10-22-8-9-25-18-12-23(11-17(18)22)19(24)20-15-6-4-3-5-7-15;3-2(4,5)1(6)7/h3-7,17-18H,8-12H2,1-2H3,(H,20,24);(H,6,7)/t17-,18+;/m1./s1. The molecule has 2 aromatic rings. The number of hydrogen-bond donors (Lipinski definition) is 2. The quantitative estimate of drug-likeness (QED) is 0.710. The molecular formula is C21H25F3N4O5. The number of para-hydroxylation sites is 1. The second-order valence-electron chi connectivity index (χ2n) is 7.75. The number of amides is 2. The molecule has 180 valence electrons. The van der Waals surface area contributed by atoms with Gasteiger partial charge in [-0.25, -0.2) is 9.59 Å². The number of aryl methyl sites for hydroxylation is 2. The summed E-state index contributed by atoms with van der Waals surface area (Å²) in [4.78, 5) is 25.7. The van der Waals surface area contributed by atoms with Gasteiger partial charge in [0.15, 0.2) is 0 Å². The molecule has 1 aromatic heterocycles. The second-order valence-corrected chi connectivity index (χ2v) is 7.75. The third kappa shape index (κ3) is 6.23. The molecule has 2 aliphatic heterocycles. The Morgan fingerprint density at radius 2 is 1.88 bits per heavy atom. The fraction of sp³-hybridized carbons (Fsp3) is 0.476. The lowest BCUT2D eigenvalue weighted by Gasteiger charge is -2.36. The number of carboxylic acid groups (broad SMARTS) is 1. The number of nitrogens with zero attached hydrogens (tertiary/aromatic N) is 3. The van der Waals surface area contributed by atoms with Crippen molar-refractivity contribution >= 4 is 17.7 Å². The van der Waals surface area contributed by atoms with Crippen molar-refractivity contribution in [3.8, 4) is 0 Å². The van der Waals surface area contributed by atoms with Gasteiger partial charge >= 0.3 is 18.2 Å². The lowest BCUT2D eigenvalue weighted by molar-refractivity contribution is -0.192. The topological polar surface area (TPSA) is 108 Å². The van der Waals surface area contributed by atoms with E-state index in [2.05, 4.69) is 15.4 Å². The summed E-state index contributed by atoms with van der Waals surface area (Å²) in [6.45, 7) is 7.49. The van der Waals surface area contributed by atoms with Crippen LogP contribution in [-0.4, -0.2) is 76.6 Å². The van der Waals surface area contributed by atoms with E-state index in [9.17, 15) is 18.0 Å². The molecule has 0 saturated carbocycles. The number of benzene rings is 1. The van der Waals surface area contributed by atoms with Gasteiger partial charge in [-0.2, -0.15) is 13.2 Å². The molecule has 3 heterocycles. The van der Waals surface area contributed by atoms with Gasteiger partial charge in [-0.05, 0) is 26.0 Å². The number of carboxylic acids is 1. The van der Waals surface area contributed by atoms with Crippen LogP contribution in [0.3, 0.4) is 0 Å². The summed E-state index contributed by atoms with van der Waals surface area (Å²) in [6.07, 6.45) is -5.04. The van der Waals surface area contributed by atoms with Crippen LogP contribution in [-0.2, 0) is 16.1 Å². The first-order valence-electron chi connectivity index (χ1n) is 10.2. The summed E-state index contributed by atoms with van der Waals surface area (Å²) in [5, 5.41) is 14.1. The van der Waals surface area contributed by atoms with Crippen LogP contribution < -0.4 is 5.32 Å². The Balaban J connectivity index is 0.000000383. The van der Waals surface area contributed by atoms with Crippen LogP contribution in [0.15, 0.2) is 34.9 Å². The first-order valence-corrected chi connectivity index (χ1v) is 10.2. The van der Waals surface area contributed by atoms with Crippen molar-refractivity contribution in [2.24, 2.45) is 0 Å². The zero-order chi connectivity index (χ0) is 24.2. The van der Waals surface area contributed by atoms with Crippen LogP contribution in [0.5, 0.6) is 0 Å². The minimum Gasteiger partial charge on any atom is -0.475 e. The zero-order valence-electron chi connectivity index (χ0n) is 18.1. The minimum atomic E-state index is -5.08. The lowest BCUT2D eigenvalue weighted by atomic mass is 10.1. The summed E-state index contributed by atoms with van der Waals surface area (Å²) in [5.74, 6) is -1.89. The molecule has 2 atom stereocenters. The average Bonchev–Trinajstić information content (AvgIpc) is 3.34. The normalized spacial score (nSPS) is 20.6. The Morgan fingerprint density at radius 1 is 1.21 bits per heavy atom. The van der Waals surface area contributed by atoms with Gasteiger partial charge in [-0.1, -0.05) is 23.4 Å².